The van der Waals surface area contributed by atoms with E-state index in [-0.39, 0.29) is 11.5 Å². The number of para-hydroxylation sites is 1. The zero-order chi connectivity index (χ0) is 21.4. The second-order valence-electron chi connectivity index (χ2n) is 7.96. The van der Waals surface area contributed by atoms with E-state index in [1.165, 1.54) is 4.57 Å². The van der Waals surface area contributed by atoms with E-state index in [2.05, 4.69) is 21.6 Å². The average Bonchev–Trinajstić information content (AvgIpc) is 3.22. The van der Waals surface area contributed by atoms with Crippen LogP contribution in [0.2, 0.25) is 0 Å². The number of amides is 1. The van der Waals surface area contributed by atoms with Crippen molar-refractivity contribution in [2.45, 2.75) is 32.4 Å². The molecule has 0 radical (unpaired) electrons. The summed E-state index contributed by atoms with van der Waals surface area (Å²) < 4.78 is 3.44. The summed E-state index contributed by atoms with van der Waals surface area (Å²) in [4.78, 5) is 26.6. The van der Waals surface area contributed by atoms with Gasteiger partial charge in [0.25, 0.3) is 5.56 Å². The van der Waals surface area contributed by atoms with Crippen molar-refractivity contribution >= 4 is 28.3 Å². The molecule has 1 fully saturated rings. The minimum absolute atomic E-state index is 0.0880. The van der Waals surface area contributed by atoms with Crippen LogP contribution in [-0.2, 0) is 24.9 Å². The topological polar surface area (TPSA) is 84.5 Å². The van der Waals surface area contributed by atoms with Crippen LogP contribution in [0.1, 0.15) is 30.7 Å². The van der Waals surface area contributed by atoms with E-state index in [9.17, 15) is 9.59 Å². The number of rotatable bonds is 5. The van der Waals surface area contributed by atoms with E-state index in [1.807, 2.05) is 51.8 Å². The molecule has 1 aliphatic heterocycles. The van der Waals surface area contributed by atoms with Crippen LogP contribution in [0, 0.1) is 0 Å². The number of fused-ring (bicyclic) bond motifs is 3. The predicted octanol–water partition coefficient (Wildman–Crippen LogP) is 2.71. The molecule has 0 spiro atoms. The highest BCUT2D eigenvalue weighted by molar-refractivity contribution is 5.80. The Hall–Kier alpha value is -3.68. The van der Waals surface area contributed by atoms with E-state index >= 15 is 0 Å². The summed E-state index contributed by atoms with van der Waals surface area (Å²) in [5, 5.41) is 12.6. The summed E-state index contributed by atoms with van der Waals surface area (Å²) in [5.41, 5.74) is 2.75. The van der Waals surface area contributed by atoms with Gasteiger partial charge in [-0.15, -0.1) is 10.2 Å². The molecule has 8 heteroatoms. The lowest BCUT2D eigenvalue weighted by Gasteiger charge is -2.26. The second-order valence-corrected chi connectivity index (χ2v) is 7.96. The molecule has 8 nitrogen and oxygen atoms in total. The zero-order valence-electron chi connectivity index (χ0n) is 17.4. The minimum Gasteiger partial charge on any atom is -0.378 e. The summed E-state index contributed by atoms with van der Waals surface area (Å²) in [6.45, 7) is 1.92. The maximum absolute atomic E-state index is 12.6. The number of anilines is 1. The molecule has 1 amide bonds. The predicted molar refractivity (Wildman–Crippen MR) is 119 cm³/mol. The fraction of sp³-hybridized carbons (Fsp3) is 0.304. The van der Waals surface area contributed by atoms with Gasteiger partial charge in [0.2, 0.25) is 11.7 Å². The molecule has 5 rings (SSSR count). The normalized spacial score (nSPS) is 14.5. The first kappa shape index (κ1) is 19.3. The number of hydrogen-bond donors (Lipinski definition) is 1. The quantitative estimate of drug-likeness (QED) is 0.541. The molecule has 3 heterocycles. The first-order valence-corrected chi connectivity index (χ1v) is 10.5. The standard InChI is InChI=1S/C23H24N6O2/c1-27-22(31)18-9-2-3-10-19(18)29-20(25-26-23(27)29)14-24-17-8-6-7-16(13-17)15-28-12-5-4-11-21(28)30/h2-3,6-10,13,24H,4-5,11-12,14-15H2,1H3. The lowest BCUT2D eigenvalue weighted by molar-refractivity contribution is -0.133. The van der Waals surface area contributed by atoms with Gasteiger partial charge in [0, 0.05) is 32.2 Å². The fourth-order valence-corrected chi connectivity index (χ4v) is 4.22. The second kappa shape index (κ2) is 7.86. The van der Waals surface area contributed by atoms with Crippen molar-refractivity contribution in [3.05, 3.63) is 70.3 Å². The number of likely N-dealkylation sites (tertiary alicyclic amines) is 1. The molecule has 0 atom stereocenters. The molecule has 0 aliphatic carbocycles. The maximum atomic E-state index is 12.6. The van der Waals surface area contributed by atoms with Crippen LogP contribution in [0.4, 0.5) is 5.69 Å². The highest BCUT2D eigenvalue weighted by Crippen LogP contribution is 2.19. The average molecular weight is 416 g/mol. The molecule has 0 bridgehead atoms. The van der Waals surface area contributed by atoms with Crippen molar-refractivity contribution in [2.75, 3.05) is 11.9 Å². The minimum atomic E-state index is -0.0880. The summed E-state index contributed by atoms with van der Waals surface area (Å²) in [6.07, 6.45) is 2.71. The van der Waals surface area contributed by atoms with E-state index in [4.69, 9.17) is 0 Å². The highest BCUT2D eigenvalue weighted by Gasteiger charge is 2.18. The van der Waals surface area contributed by atoms with Gasteiger partial charge in [-0.3, -0.25) is 18.6 Å². The highest BCUT2D eigenvalue weighted by atomic mass is 16.2. The molecule has 0 saturated carbocycles. The van der Waals surface area contributed by atoms with E-state index in [1.54, 1.807) is 7.05 Å². The molecule has 1 aliphatic rings. The van der Waals surface area contributed by atoms with Crippen LogP contribution >= 0.6 is 0 Å². The Morgan fingerprint density at radius 2 is 1.90 bits per heavy atom. The van der Waals surface area contributed by atoms with Gasteiger partial charge >= 0.3 is 0 Å². The molecule has 31 heavy (non-hydrogen) atoms. The number of carbonyl (C=O) groups is 1. The summed E-state index contributed by atoms with van der Waals surface area (Å²) in [5.74, 6) is 1.47. The number of piperidine rings is 1. The van der Waals surface area contributed by atoms with Gasteiger partial charge in [0.05, 0.1) is 17.4 Å². The fourth-order valence-electron chi connectivity index (χ4n) is 4.22. The summed E-state index contributed by atoms with van der Waals surface area (Å²) >= 11 is 0. The van der Waals surface area contributed by atoms with Crippen LogP contribution in [0.25, 0.3) is 16.7 Å². The Balaban J connectivity index is 1.40. The van der Waals surface area contributed by atoms with Gasteiger partial charge in [0.1, 0.15) is 0 Å². The van der Waals surface area contributed by atoms with E-state index < -0.39 is 0 Å². The molecule has 2 aromatic heterocycles. The first-order chi connectivity index (χ1) is 15.1. The third-order valence-electron chi connectivity index (χ3n) is 5.87. The molecule has 2 aromatic carbocycles. The van der Waals surface area contributed by atoms with Gasteiger partial charge < -0.3 is 10.2 Å². The van der Waals surface area contributed by atoms with Crippen molar-refractivity contribution in [3.8, 4) is 0 Å². The van der Waals surface area contributed by atoms with Crippen LogP contribution in [0.15, 0.2) is 53.3 Å². The Morgan fingerprint density at radius 1 is 1.03 bits per heavy atom. The van der Waals surface area contributed by atoms with Crippen molar-refractivity contribution in [1.82, 2.24) is 24.1 Å². The smallest absolute Gasteiger partial charge is 0.262 e. The number of hydrogen-bond acceptors (Lipinski definition) is 5. The van der Waals surface area contributed by atoms with Crippen LogP contribution in [0.5, 0.6) is 0 Å². The van der Waals surface area contributed by atoms with Gasteiger partial charge in [-0.2, -0.15) is 0 Å². The van der Waals surface area contributed by atoms with Gasteiger partial charge in [-0.1, -0.05) is 24.3 Å². The van der Waals surface area contributed by atoms with Crippen LogP contribution < -0.4 is 10.9 Å². The summed E-state index contributed by atoms with van der Waals surface area (Å²) in [6, 6.07) is 15.6. The molecule has 158 valence electrons. The number of nitrogens with zero attached hydrogens (tertiary/aromatic N) is 5. The lowest BCUT2D eigenvalue weighted by atomic mass is 10.1. The van der Waals surface area contributed by atoms with Crippen molar-refractivity contribution < 1.29 is 4.79 Å². The maximum Gasteiger partial charge on any atom is 0.262 e. The molecular weight excluding hydrogens is 392 g/mol. The summed E-state index contributed by atoms with van der Waals surface area (Å²) in [7, 11) is 1.71. The number of nitrogens with one attached hydrogen (secondary N) is 1. The van der Waals surface area contributed by atoms with Crippen molar-refractivity contribution in [1.29, 1.82) is 0 Å². The number of aryl methyl sites for hydroxylation is 1. The Bertz CT molecular complexity index is 1340. The SMILES string of the molecule is Cn1c(=O)c2ccccc2n2c(CNc3cccc(CN4CCCCC4=O)c3)nnc12. The number of aromatic nitrogens is 4. The van der Waals surface area contributed by atoms with Gasteiger partial charge in [0.15, 0.2) is 5.82 Å². The molecule has 1 saturated heterocycles. The van der Waals surface area contributed by atoms with Crippen molar-refractivity contribution in [3.63, 3.8) is 0 Å². The number of carbonyl (C=O) groups excluding carboxylic acids is 1. The van der Waals surface area contributed by atoms with Gasteiger partial charge in [-0.05, 0) is 42.7 Å². The lowest BCUT2D eigenvalue weighted by Crippen LogP contribution is -2.34. The molecule has 4 aromatic rings. The molecular formula is C23H24N6O2. The largest absolute Gasteiger partial charge is 0.378 e. The van der Waals surface area contributed by atoms with E-state index in [0.29, 0.717) is 30.7 Å². The van der Waals surface area contributed by atoms with Crippen LogP contribution in [0.3, 0.4) is 0 Å². The van der Waals surface area contributed by atoms with Gasteiger partial charge in [-0.25, -0.2) is 0 Å². The Morgan fingerprint density at radius 3 is 2.77 bits per heavy atom. The molecule has 0 unspecified atom stereocenters. The molecule has 1 N–H and O–H groups in total. The monoisotopic (exact) mass is 416 g/mol. The van der Waals surface area contributed by atoms with Crippen molar-refractivity contribution in [2.24, 2.45) is 7.05 Å². The zero-order valence-corrected chi connectivity index (χ0v) is 17.4. The first-order valence-electron chi connectivity index (χ1n) is 10.5. The Kier molecular flexibility index (Phi) is 4.89. The third-order valence-corrected chi connectivity index (χ3v) is 5.87. The van der Waals surface area contributed by atoms with E-state index in [0.717, 1.165) is 42.0 Å². The van der Waals surface area contributed by atoms with Crippen LogP contribution in [-0.4, -0.2) is 36.5 Å². The third kappa shape index (κ3) is 3.54. The Labute approximate surface area is 179 Å². The number of benzene rings is 2.